The molecule has 13 heteroatoms. The lowest BCUT2D eigenvalue weighted by Gasteiger charge is -2.58. The summed E-state index contributed by atoms with van der Waals surface area (Å²) < 4.78 is 59.2. The van der Waals surface area contributed by atoms with Crippen LogP contribution in [-0.2, 0) is 27.0 Å². The van der Waals surface area contributed by atoms with Crippen LogP contribution in [0.1, 0.15) is 27.0 Å². The number of nitrogens with one attached hydrogen (secondary N) is 1. The Bertz CT molecular complexity index is 1650. The first-order valence-corrected chi connectivity index (χ1v) is 13.0. The number of piperazine rings is 1. The quantitative estimate of drug-likeness (QED) is 0.337. The number of benzene rings is 3. The maximum Gasteiger partial charge on any atom is 0.416 e. The monoisotopic (exact) mass is 595 g/mol. The van der Waals surface area contributed by atoms with Crippen LogP contribution in [0.25, 0.3) is 0 Å². The highest BCUT2D eigenvalue weighted by Crippen LogP contribution is 2.40. The second-order valence-corrected chi connectivity index (χ2v) is 10.2. The molecule has 3 aromatic carbocycles. The Labute approximate surface area is 243 Å². The number of rotatable bonds is 6. The van der Waals surface area contributed by atoms with E-state index in [-0.39, 0.29) is 36.4 Å². The van der Waals surface area contributed by atoms with Crippen molar-refractivity contribution in [2.24, 2.45) is 0 Å². The van der Waals surface area contributed by atoms with Gasteiger partial charge in [-0.1, -0.05) is 12.1 Å². The van der Waals surface area contributed by atoms with Crippen molar-refractivity contribution in [2.45, 2.75) is 18.3 Å². The molecule has 1 spiro atoms. The highest BCUT2D eigenvalue weighted by atomic mass is 19.4. The number of hydrogen-bond acceptors (Lipinski definition) is 7. The minimum absolute atomic E-state index is 0.0356. The summed E-state index contributed by atoms with van der Waals surface area (Å²) in [5, 5.41) is 12.0. The molecule has 0 atom stereocenters. The highest BCUT2D eigenvalue weighted by Gasteiger charge is 2.60. The summed E-state index contributed by atoms with van der Waals surface area (Å²) in [5.74, 6) is -2.56. The molecule has 2 fully saturated rings. The number of carbonyl (C=O) groups is 3. The molecule has 0 aliphatic carbocycles. The zero-order chi connectivity index (χ0) is 31.1. The van der Waals surface area contributed by atoms with Gasteiger partial charge in [-0.05, 0) is 54.1 Å². The Kier molecular flexibility index (Phi) is 7.47. The van der Waals surface area contributed by atoms with Crippen molar-refractivity contribution in [1.29, 1.82) is 5.26 Å². The molecular weight excluding hydrogens is 570 g/mol. The Morgan fingerprint density at radius 3 is 2.35 bits per heavy atom. The van der Waals surface area contributed by atoms with Crippen molar-refractivity contribution in [3.63, 3.8) is 0 Å². The first-order valence-electron chi connectivity index (χ1n) is 13.0. The number of carbonyl (C=O) groups excluding carboxylic acids is 3. The number of hydrogen-bond donors (Lipinski definition) is 1. The van der Waals surface area contributed by atoms with Crippen LogP contribution in [0.3, 0.4) is 0 Å². The molecule has 2 heterocycles. The molecule has 43 heavy (non-hydrogen) atoms. The van der Waals surface area contributed by atoms with Gasteiger partial charge in [0.2, 0.25) is 5.91 Å². The van der Waals surface area contributed by atoms with Gasteiger partial charge in [-0.2, -0.15) is 18.4 Å². The van der Waals surface area contributed by atoms with E-state index < -0.39 is 47.4 Å². The number of methoxy groups -OCH3 is 1. The Hall–Kier alpha value is -5.12. The van der Waals surface area contributed by atoms with Crippen molar-refractivity contribution in [2.75, 3.05) is 48.9 Å². The number of esters is 1. The Morgan fingerprint density at radius 2 is 1.77 bits per heavy atom. The average molecular weight is 596 g/mol. The van der Waals surface area contributed by atoms with Gasteiger partial charge in [-0.15, -0.1) is 0 Å². The van der Waals surface area contributed by atoms with Gasteiger partial charge >= 0.3 is 12.1 Å². The van der Waals surface area contributed by atoms with E-state index in [1.54, 1.807) is 30.1 Å². The summed E-state index contributed by atoms with van der Waals surface area (Å²) in [5.41, 5.74) is -0.787. The number of halogens is 4. The van der Waals surface area contributed by atoms with Gasteiger partial charge < -0.3 is 19.9 Å². The maximum absolute atomic E-state index is 15.0. The molecule has 2 aliphatic rings. The molecule has 0 unspecified atom stereocenters. The van der Waals surface area contributed by atoms with E-state index in [0.29, 0.717) is 16.9 Å². The second-order valence-electron chi connectivity index (χ2n) is 10.2. The van der Waals surface area contributed by atoms with Crippen LogP contribution in [0.15, 0.2) is 60.7 Å². The number of nitrogens with zero attached hydrogens (tertiary/aromatic N) is 4. The van der Waals surface area contributed by atoms with Crippen LogP contribution >= 0.6 is 0 Å². The fourth-order valence-corrected chi connectivity index (χ4v) is 5.41. The zero-order valence-electron chi connectivity index (χ0n) is 23.0. The fraction of sp³-hybridized carbons (Fsp3) is 0.267. The third kappa shape index (κ3) is 5.20. The predicted octanol–water partition coefficient (Wildman–Crippen LogP) is 4.18. The summed E-state index contributed by atoms with van der Waals surface area (Å²) in [6.45, 7) is -0.738. The molecule has 0 bridgehead atoms. The van der Waals surface area contributed by atoms with Crippen LogP contribution in [0.5, 0.6) is 0 Å². The molecule has 9 nitrogen and oxygen atoms in total. The average Bonchev–Trinajstić information content (AvgIpc) is 2.97. The van der Waals surface area contributed by atoms with Gasteiger partial charge in [0.05, 0.1) is 48.6 Å². The minimum Gasteiger partial charge on any atom is -0.465 e. The van der Waals surface area contributed by atoms with Crippen LogP contribution in [0.4, 0.5) is 34.6 Å². The van der Waals surface area contributed by atoms with Crippen LogP contribution in [-0.4, -0.2) is 62.0 Å². The van der Waals surface area contributed by atoms with E-state index in [1.165, 1.54) is 36.3 Å². The summed E-state index contributed by atoms with van der Waals surface area (Å²) in [6, 6.07) is 14.7. The van der Waals surface area contributed by atoms with E-state index in [0.717, 1.165) is 23.1 Å². The SMILES string of the molecule is CNc1ccc(N2CC3(C2)C(=O)N(c2ccc(C#N)cc2F)CC(=O)N3Cc2ccc(C(F)(F)F)cc2)cc1C(=O)OC. The molecule has 2 aliphatic heterocycles. The molecule has 0 aromatic heterocycles. The molecule has 5 rings (SSSR count). The summed E-state index contributed by atoms with van der Waals surface area (Å²) in [6.07, 6.45) is -4.54. The van der Waals surface area contributed by atoms with Crippen LogP contribution in [0.2, 0.25) is 0 Å². The van der Waals surface area contributed by atoms with Crippen molar-refractivity contribution in [3.8, 4) is 6.07 Å². The molecule has 1 N–H and O–H groups in total. The van der Waals surface area contributed by atoms with Gasteiger partial charge in [0.1, 0.15) is 12.4 Å². The lowest BCUT2D eigenvalue weighted by molar-refractivity contribution is -0.153. The first kappa shape index (κ1) is 29.4. The summed E-state index contributed by atoms with van der Waals surface area (Å²) in [4.78, 5) is 44.2. The van der Waals surface area contributed by atoms with Gasteiger partial charge in [-0.3, -0.25) is 14.5 Å². The number of amides is 2. The molecule has 2 saturated heterocycles. The number of nitriles is 1. The Morgan fingerprint density at radius 1 is 1.07 bits per heavy atom. The third-order valence-corrected chi connectivity index (χ3v) is 7.69. The number of alkyl halides is 3. The molecule has 3 aromatic rings. The predicted molar refractivity (Wildman–Crippen MR) is 148 cm³/mol. The smallest absolute Gasteiger partial charge is 0.416 e. The number of ether oxygens (including phenoxy) is 1. The topological polar surface area (TPSA) is 106 Å². The third-order valence-electron chi connectivity index (χ3n) is 7.69. The minimum atomic E-state index is -4.54. The van der Waals surface area contributed by atoms with E-state index in [1.807, 2.05) is 6.07 Å². The van der Waals surface area contributed by atoms with E-state index in [4.69, 9.17) is 10.00 Å². The molecule has 222 valence electrons. The first-order chi connectivity index (χ1) is 20.4. The standard InChI is InChI=1S/C30H25F4N5O4/c1-36-24-9-8-21(12-22(24)27(41)43-2)37-16-29(17-37)28(42)38(25-10-5-19(13-35)11-23(25)31)15-26(40)39(29)14-18-3-6-20(7-4-18)30(32,33)34/h3-12,36H,14-17H2,1-2H3. The lowest BCUT2D eigenvalue weighted by atomic mass is 9.82. The molecule has 0 saturated carbocycles. The number of anilines is 3. The van der Waals surface area contributed by atoms with E-state index >= 15 is 4.39 Å². The van der Waals surface area contributed by atoms with Crippen molar-refractivity contribution < 1.29 is 36.7 Å². The lowest BCUT2D eigenvalue weighted by Crippen LogP contribution is -2.81. The van der Waals surface area contributed by atoms with Crippen LogP contribution < -0.4 is 15.1 Å². The molecule has 2 amide bonds. The van der Waals surface area contributed by atoms with Crippen LogP contribution in [0, 0.1) is 17.1 Å². The van der Waals surface area contributed by atoms with Crippen molar-refractivity contribution in [1.82, 2.24) is 4.90 Å². The van der Waals surface area contributed by atoms with E-state index in [2.05, 4.69) is 5.32 Å². The van der Waals surface area contributed by atoms with Gasteiger partial charge in [-0.25, -0.2) is 9.18 Å². The van der Waals surface area contributed by atoms with Gasteiger partial charge in [0.15, 0.2) is 5.54 Å². The van der Waals surface area contributed by atoms with E-state index in [9.17, 15) is 27.6 Å². The van der Waals surface area contributed by atoms with Crippen molar-refractivity contribution in [3.05, 3.63) is 88.7 Å². The Balaban J connectivity index is 1.51. The molecule has 0 radical (unpaired) electrons. The van der Waals surface area contributed by atoms with Gasteiger partial charge in [0, 0.05) is 25.0 Å². The largest absolute Gasteiger partial charge is 0.465 e. The highest BCUT2D eigenvalue weighted by molar-refractivity contribution is 6.11. The van der Waals surface area contributed by atoms with Gasteiger partial charge in [0.25, 0.3) is 5.91 Å². The molecular formula is C30H25F4N5O4. The zero-order valence-corrected chi connectivity index (χ0v) is 23.0. The maximum atomic E-state index is 15.0. The summed E-state index contributed by atoms with van der Waals surface area (Å²) >= 11 is 0. The fourth-order valence-electron chi connectivity index (χ4n) is 5.41. The van der Waals surface area contributed by atoms with Crippen molar-refractivity contribution >= 4 is 34.8 Å². The summed E-state index contributed by atoms with van der Waals surface area (Å²) in [7, 11) is 2.89. The normalized spacial score (nSPS) is 16.2. The second kappa shape index (κ2) is 10.9.